The van der Waals surface area contributed by atoms with Crippen LogP contribution in [0, 0.1) is 0 Å². The van der Waals surface area contributed by atoms with E-state index in [1.165, 1.54) is 5.56 Å². The summed E-state index contributed by atoms with van der Waals surface area (Å²) in [5.41, 5.74) is 2.39. The van der Waals surface area contributed by atoms with Gasteiger partial charge in [0.25, 0.3) is 0 Å². The lowest BCUT2D eigenvalue weighted by Crippen LogP contribution is -2.53. The minimum Gasteiger partial charge on any atom is -0.339 e. The van der Waals surface area contributed by atoms with E-state index in [0.717, 1.165) is 38.2 Å². The molecule has 2 saturated heterocycles. The predicted molar refractivity (Wildman–Crippen MR) is 98.0 cm³/mol. The molecule has 1 spiro atoms. The number of hydrogen-bond donors (Lipinski definition) is 0. The Morgan fingerprint density at radius 3 is 2.48 bits per heavy atom. The van der Waals surface area contributed by atoms with Gasteiger partial charge in [-0.3, -0.25) is 14.7 Å². The van der Waals surface area contributed by atoms with Gasteiger partial charge in [0.15, 0.2) is 0 Å². The van der Waals surface area contributed by atoms with Crippen molar-refractivity contribution in [2.45, 2.75) is 37.3 Å². The second-order valence-corrected chi connectivity index (χ2v) is 7.32. The van der Waals surface area contributed by atoms with E-state index in [1.807, 2.05) is 36.3 Å². The Morgan fingerprint density at radius 2 is 1.80 bits per heavy atom. The summed E-state index contributed by atoms with van der Waals surface area (Å²) in [7, 11) is 2.00. The van der Waals surface area contributed by atoms with Gasteiger partial charge in [0.2, 0.25) is 5.91 Å². The highest BCUT2D eigenvalue weighted by Gasteiger charge is 2.52. The van der Waals surface area contributed by atoms with E-state index in [1.54, 1.807) is 0 Å². The number of aromatic nitrogens is 1. The van der Waals surface area contributed by atoms with Gasteiger partial charge in [-0.1, -0.05) is 36.4 Å². The van der Waals surface area contributed by atoms with Gasteiger partial charge in [-0.05, 0) is 30.5 Å². The molecular formula is C21H25N3O. The molecule has 1 unspecified atom stereocenters. The van der Waals surface area contributed by atoms with E-state index in [9.17, 15) is 4.79 Å². The first-order valence-electron chi connectivity index (χ1n) is 9.13. The summed E-state index contributed by atoms with van der Waals surface area (Å²) >= 11 is 0. The highest BCUT2D eigenvalue weighted by molar-refractivity contribution is 5.81. The number of amides is 1. The number of nitrogens with zero attached hydrogens (tertiary/aromatic N) is 3. The third-order valence-electron chi connectivity index (χ3n) is 6.11. The molecule has 0 N–H and O–H groups in total. The van der Waals surface area contributed by atoms with Gasteiger partial charge in [0.05, 0.1) is 11.2 Å². The van der Waals surface area contributed by atoms with Crippen molar-refractivity contribution in [3.63, 3.8) is 0 Å². The number of hydrogen-bond acceptors (Lipinski definition) is 3. The SMILES string of the molecule is CN1C(=O)CC(c2ccccc2)C12CCN(Cc1ccccn1)CC2. The number of carbonyl (C=O) groups is 1. The van der Waals surface area contributed by atoms with Crippen LogP contribution in [0.2, 0.25) is 0 Å². The number of benzene rings is 1. The van der Waals surface area contributed by atoms with Crippen LogP contribution >= 0.6 is 0 Å². The molecule has 2 fully saturated rings. The zero-order valence-electron chi connectivity index (χ0n) is 14.8. The predicted octanol–water partition coefficient (Wildman–Crippen LogP) is 3.06. The molecule has 25 heavy (non-hydrogen) atoms. The molecule has 1 amide bonds. The van der Waals surface area contributed by atoms with E-state index >= 15 is 0 Å². The average molecular weight is 335 g/mol. The van der Waals surface area contributed by atoms with Crippen LogP contribution in [0.1, 0.15) is 36.4 Å². The first kappa shape index (κ1) is 16.3. The Bertz CT molecular complexity index is 723. The maximum absolute atomic E-state index is 12.5. The normalized spacial score (nSPS) is 23.3. The van der Waals surface area contributed by atoms with Gasteiger partial charge in [0, 0.05) is 45.2 Å². The van der Waals surface area contributed by atoms with Crippen molar-refractivity contribution in [3.8, 4) is 0 Å². The average Bonchev–Trinajstić information content (AvgIpc) is 2.90. The van der Waals surface area contributed by atoms with Crippen LogP contribution < -0.4 is 0 Å². The second-order valence-electron chi connectivity index (χ2n) is 7.32. The minimum atomic E-state index is -0.0287. The topological polar surface area (TPSA) is 36.4 Å². The molecule has 2 aliphatic rings. The number of likely N-dealkylation sites (tertiary alicyclic amines) is 2. The number of piperidine rings is 1. The first-order chi connectivity index (χ1) is 12.2. The van der Waals surface area contributed by atoms with E-state index in [0.29, 0.717) is 12.3 Å². The summed E-state index contributed by atoms with van der Waals surface area (Å²) in [6.07, 6.45) is 4.56. The van der Waals surface area contributed by atoms with E-state index in [4.69, 9.17) is 0 Å². The Morgan fingerprint density at radius 1 is 1.08 bits per heavy atom. The summed E-state index contributed by atoms with van der Waals surface area (Å²) in [5.74, 6) is 0.593. The maximum Gasteiger partial charge on any atom is 0.223 e. The summed E-state index contributed by atoms with van der Waals surface area (Å²) in [6, 6.07) is 16.7. The molecule has 130 valence electrons. The largest absolute Gasteiger partial charge is 0.339 e. The molecule has 1 atom stereocenters. The zero-order valence-corrected chi connectivity index (χ0v) is 14.8. The molecule has 1 aromatic carbocycles. The molecule has 0 radical (unpaired) electrons. The monoisotopic (exact) mass is 335 g/mol. The summed E-state index contributed by atoms with van der Waals surface area (Å²) in [5, 5.41) is 0. The molecule has 3 heterocycles. The molecule has 4 heteroatoms. The van der Waals surface area contributed by atoms with Gasteiger partial charge < -0.3 is 4.90 Å². The molecule has 0 saturated carbocycles. The molecule has 2 aliphatic heterocycles. The zero-order chi connectivity index (χ0) is 17.3. The Labute approximate surface area is 149 Å². The summed E-state index contributed by atoms with van der Waals surface area (Å²) in [6.45, 7) is 2.92. The van der Waals surface area contributed by atoms with E-state index in [2.05, 4.69) is 40.2 Å². The third kappa shape index (κ3) is 2.95. The number of carbonyl (C=O) groups excluding carboxylic acids is 1. The van der Waals surface area contributed by atoms with Gasteiger partial charge in [-0.15, -0.1) is 0 Å². The minimum absolute atomic E-state index is 0.0287. The van der Waals surface area contributed by atoms with Gasteiger partial charge in [-0.2, -0.15) is 0 Å². The van der Waals surface area contributed by atoms with Gasteiger partial charge in [-0.25, -0.2) is 0 Å². The molecule has 1 aromatic heterocycles. The quantitative estimate of drug-likeness (QED) is 0.865. The lowest BCUT2D eigenvalue weighted by atomic mass is 9.73. The van der Waals surface area contributed by atoms with Crippen LogP contribution in [0.15, 0.2) is 54.7 Å². The molecule has 4 rings (SSSR count). The van der Waals surface area contributed by atoms with Gasteiger partial charge in [0.1, 0.15) is 0 Å². The number of rotatable bonds is 3. The standard InChI is InChI=1S/C21H25N3O/c1-23-20(25)15-19(17-7-3-2-4-8-17)21(23)10-13-24(14-11-21)16-18-9-5-6-12-22-18/h2-9,12,19H,10-11,13-16H2,1H3. The Kier molecular flexibility index (Phi) is 4.30. The van der Waals surface area contributed by atoms with E-state index < -0.39 is 0 Å². The van der Waals surface area contributed by atoms with Crippen LogP contribution in [0.3, 0.4) is 0 Å². The number of likely N-dealkylation sites (N-methyl/N-ethyl adjacent to an activating group) is 1. The lowest BCUT2D eigenvalue weighted by molar-refractivity contribution is -0.130. The van der Waals surface area contributed by atoms with Crippen LogP contribution in [0.25, 0.3) is 0 Å². The smallest absolute Gasteiger partial charge is 0.223 e. The number of pyridine rings is 1. The van der Waals surface area contributed by atoms with Crippen molar-refractivity contribution in [2.24, 2.45) is 0 Å². The second kappa shape index (κ2) is 6.60. The van der Waals surface area contributed by atoms with Crippen molar-refractivity contribution in [1.82, 2.24) is 14.8 Å². The van der Waals surface area contributed by atoms with Gasteiger partial charge >= 0.3 is 0 Å². The lowest BCUT2D eigenvalue weighted by Gasteiger charge is -2.46. The van der Waals surface area contributed by atoms with Crippen molar-refractivity contribution in [2.75, 3.05) is 20.1 Å². The third-order valence-corrected chi connectivity index (χ3v) is 6.11. The van der Waals surface area contributed by atoms with Crippen LogP contribution in [0.4, 0.5) is 0 Å². The van der Waals surface area contributed by atoms with Crippen LogP contribution in [-0.2, 0) is 11.3 Å². The van der Waals surface area contributed by atoms with Crippen LogP contribution in [-0.4, -0.2) is 46.4 Å². The molecule has 0 aliphatic carbocycles. The molecule has 0 bridgehead atoms. The van der Waals surface area contributed by atoms with E-state index in [-0.39, 0.29) is 11.4 Å². The molecule has 2 aromatic rings. The first-order valence-corrected chi connectivity index (χ1v) is 9.13. The molecule has 4 nitrogen and oxygen atoms in total. The van der Waals surface area contributed by atoms with Crippen molar-refractivity contribution < 1.29 is 4.79 Å². The van der Waals surface area contributed by atoms with Crippen molar-refractivity contribution >= 4 is 5.91 Å². The fourth-order valence-electron chi connectivity index (χ4n) is 4.60. The Balaban J connectivity index is 1.52. The Hall–Kier alpha value is -2.20. The summed E-state index contributed by atoms with van der Waals surface area (Å²) < 4.78 is 0. The molecular weight excluding hydrogens is 310 g/mol. The van der Waals surface area contributed by atoms with Crippen molar-refractivity contribution in [3.05, 3.63) is 66.0 Å². The highest BCUT2D eigenvalue weighted by Crippen LogP contribution is 2.48. The highest BCUT2D eigenvalue weighted by atomic mass is 16.2. The van der Waals surface area contributed by atoms with Crippen LogP contribution in [0.5, 0.6) is 0 Å². The van der Waals surface area contributed by atoms with Crippen molar-refractivity contribution in [1.29, 1.82) is 0 Å². The fourth-order valence-corrected chi connectivity index (χ4v) is 4.60. The fraction of sp³-hybridized carbons (Fsp3) is 0.429. The maximum atomic E-state index is 12.5. The summed E-state index contributed by atoms with van der Waals surface area (Å²) in [4.78, 5) is 21.5.